The topological polar surface area (TPSA) is 9.23 Å². The van der Waals surface area contributed by atoms with Crippen LogP contribution < -0.4 is 15.9 Å². The lowest BCUT2D eigenvalue weighted by molar-refractivity contribution is 0.133. The zero-order valence-corrected chi connectivity index (χ0v) is 25.0. The Labute approximate surface area is 222 Å². The molecular formula is C33H46OPSi+. The van der Waals surface area contributed by atoms with Crippen LogP contribution in [0.5, 0.6) is 0 Å². The highest BCUT2D eigenvalue weighted by atomic mass is 31.2. The van der Waals surface area contributed by atoms with Crippen molar-refractivity contribution < 1.29 is 4.43 Å². The molecule has 1 nitrogen and oxygen atoms in total. The van der Waals surface area contributed by atoms with Gasteiger partial charge in [0.05, 0.1) is 11.8 Å². The molecule has 0 aromatic heterocycles. The standard InChI is InChI=1S/C33H46OPSi/c1-7-9-13-27-33(28(3)32(20-8-2)34-36(4,5)6)35(29-21-14-10-15-22-29,30-23-16-11-17-24-30)31-25-18-12-19-26-31/h8,10-12,14-19,21-26,28,32-33H,2,7,9,13,20,27H2,1,3-6H3/q+1. The van der Waals surface area contributed by atoms with Crippen LogP contribution in [-0.4, -0.2) is 20.1 Å². The van der Waals surface area contributed by atoms with Crippen molar-refractivity contribution in [2.45, 2.75) is 77.4 Å². The predicted octanol–water partition coefficient (Wildman–Crippen LogP) is 8.36. The van der Waals surface area contributed by atoms with Crippen molar-refractivity contribution >= 4 is 31.5 Å². The normalized spacial score (nSPS) is 14.7. The number of benzene rings is 3. The van der Waals surface area contributed by atoms with Gasteiger partial charge in [-0.05, 0) is 75.3 Å². The molecule has 0 fully saturated rings. The fraction of sp³-hybridized carbons (Fsp3) is 0.394. The van der Waals surface area contributed by atoms with Gasteiger partial charge in [0.2, 0.25) is 0 Å². The number of rotatable bonds is 14. The summed E-state index contributed by atoms with van der Waals surface area (Å²) in [5.74, 6) is 0.389. The molecule has 0 N–H and O–H groups in total. The van der Waals surface area contributed by atoms with Crippen molar-refractivity contribution in [1.29, 1.82) is 0 Å². The summed E-state index contributed by atoms with van der Waals surface area (Å²) >= 11 is 0. The molecule has 3 aromatic rings. The maximum atomic E-state index is 6.92. The van der Waals surface area contributed by atoms with Crippen molar-refractivity contribution in [3.8, 4) is 0 Å². The summed E-state index contributed by atoms with van der Waals surface area (Å²) in [6, 6.07) is 34.1. The second kappa shape index (κ2) is 13.5. The summed E-state index contributed by atoms with van der Waals surface area (Å²) in [7, 11) is -3.74. The number of hydrogen-bond donors (Lipinski definition) is 0. The molecule has 3 unspecified atom stereocenters. The average molecular weight is 518 g/mol. The lowest BCUT2D eigenvalue weighted by atomic mass is 9.94. The Balaban J connectivity index is 2.32. The van der Waals surface area contributed by atoms with E-state index in [1.165, 1.54) is 41.6 Å². The van der Waals surface area contributed by atoms with E-state index in [1.54, 1.807) is 0 Å². The highest BCUT2D eigenvalue weighted by molar-refractivity contribution is 7.96. The maximum absolute atomic E-state index is 6.92. The largest absolute Gasteiger partial charge is 0.414 e. The minimum Gasteiger partial charge on any atom is -0.414 e. The second-order valence-corrected chi connectivity index (χ2v) is 19.1. The molecule has 0 amide bonds. The van der Waals surface area contributed by atoms with E-state index in [0.29, 0.717) is 11.6 Å². The molecule has 0 spiro atoms. The van der Waals surface area contributed by atoms with Gasteiger partial charge in [0.15, 0.2) is 8.32 Å². The zero-order chi connectivity index (χ0) is 26.0. The first kappa shape index (κ1) is 28.6. The second-order valence-electron chi connectivity index (χ2n) is 10.9. The highest BCUT2D eigenvalue weighted by Crippen LogP contribution is 2.63. The predicted molar refractivity (Wildman–Crippen MR) is 165 cm³/mol. The van der Waals surface area contributed by atoms with Crippen LogP contribution in [0.25, 0.3) is 0 Å². The van der Waals surface area contributed by atoms with Gasteiger partial charge in [-0.3, -0.25) is 0 Å². The van der Waals surface area contributed by atoms with Crippen molar-refractivity contribution in [3.63, 3.8) is 0 Å². The fourth-order valence-electron chi connectivity index (χ4n) is 5.66. The molecular weight excluding hydrogens is 471 g/mol. The van der Waals surface area contributed by atoms with Crippen LogP contribution in [0.3, 0.4) is 0 Å². The molecule has 0 aliphatic rings. The van der Waals surface area contributed by atoms with Crippen LogP contribution >= 0.6 is 7.26 Å². The third-order valence-electron chi connectivity index (χ3n) is 7.19. The molecule has 0 aliphatic carbocycles. The Morgan fingerprint density at radius 2 is 1.22 bits per heavy atom. The van der Waals surface area contributed by atoms with E-state index in [0.717, 1.165) is 6.42 Å². The van der Waals surface area contributed by atoms with Crippen molar-refractivity contribution in [2.75, 3.05) is 0 Å². The van der Waals surface area contributed by atoms with Gasteiger partial charge in [-0.15, -0.1) is 6.58 Å². The summed E-state index contributed by atoms with van der Waals surface area (Å²) in [5.41, 5.74) is 0.470. The SMILES string of the molecule is C=CCC(O[Si](C)(C)C)C(C)C(CCCCC)[P+](c1ccccc1)(c1ccccc1)c1ccccc1. The molecule has 0 saturated heterocycles. The van der Waals surface area contributed by atoms with E-state index < -0.39 is 15.6 Å². The zero-order valence-electron chi connectivity index (χ0n) is 23.1. The van der Waals surface area contributed by atoms with Gasteiger partial charge in [0.25, 0.3) is 0 Å². The molecule has 3 rings (SSSR count). The van der Waals surface area contributed by atoms with E-state index in [1.807, 2.05) is 0 Å². The summed E-state index contributed by atoms with van der Waals surface area (Å²) in [4.78, 5) is 0. The molecule has 0 saturated carbocycles. The van der Waals surface area contributed by atoms with Crippen molar-refractivity contribution in [1.82, 2.24) is 0 Å². The average Bonchev–Trinajstić information content (AvgIpc) is 2.89. The first-order valence-electron chi connectivity index (χ1n) is 13.7. The lowest BCUT2D eigenvalue weighted by Gasteiger charge is -2.41. The Hall–Kier alpha value is -1.99. The van der Waals surface area contributed by atoms with Crippen LogP contribution in [0, 0.1) is 5.92 Å². The minimum absolute atomic E-state index is 0.177. The Kier molecular flexibility index (Phi) is 10.7. The third kappa shape index (κ3) is 6.85. The summed E-state index contributed by atoms with van der Waals surface area (Å²) < 4.78 is 6.92. The summed E-state index contributed by atoms with van der Waals surface area (Å²) in [5, 5.41) is 4.42. The molecule has 0 bridgehead atoms. The monoisotopic (exact) mass is 517 g/mol. The Bertz CT molecular complexity index is 933. The first-order valence-corrected chi connectivity index (χ1v) is 19.0. The molecule has 36 heavy (non-hydrogen) atoms. The molecule has 0 aliphatic heterocycles. The van der Waals surface area contributed by atoms with Gasteiger partial charge in [-0.25, -0.2) is 0 Å². The molecule has 3 heteroatoms. The summed E-state index contributed by atoms with van der Waals surface area (Å²) in [6.07, 6.45) is 8.08. The van der Waals surface area contributed by atoms with E-state index in [4.69, 9.17) is 4.43 Å². The van der Waals surface area contributed by atoms with E-state index in [-0.39, 0.29) is 6.10 Å². The maximum Gasteiger partial charge on any atom is 0.184 e. The van der Waals surface area contributed by atoms with Crippen molar-refractivity contribution in [2.24, 2.45) is 5.92 Å². The van der Waals surface area contributed by atoms with Gasteiger partial charge in [-0.1, -0.05) is 87.4 Å². The van der Waals surface area contributed by atoms with Crippen LogP contribution in [0.1, 0.15) is 46.0 Å². The van der Waals surface area contributed by atoms with Crippen LogP contribution in [0.2, 0.25) is 19.6 Å². The fourth-order valence-corrected chi connectivity index (χ4v) is 12.3. The van der Waals surface area contributed by atoms with Gasteiger partial charge >= 0.3 is 0 Å². The van der Waals surface area contributed by atoms with E-state index in [2.05, 4.69) is 137 Å². The number of unbranched alkanes of at least 4 members (excludes halogenated alkanes) is 2. The Morgan fingerprint density at radius 3 is 1.58 bits per heavy atom. The summed E-state index contributed by atoms with van der Waals surface area (Å²) in [6.45, 7) is 15.8. The Morgan fingerprint density at radius 1 is 0.778 bits per heavy atom. The van der Waals surface area contributed by atoms with Gasteiger partial charge < -0.3 is 4.43 Å². The number of hydrogen-bond acceptors (Lipinski definition) is 1. The van der Waals surface area contributed by atoms with Gasteiger partial charge in [0.1, 0.15) is 23.2 Å². The molecule has 3 atom stereocenters. The van der Waals surface area contributed by atoms with Gasteiger partial charge in [-0.2, -0.15) is 0 Å². The minimum atomic E-state index is -2.00. The van der Waals surface area contributed by atoms with E-state index >= 15 is 0 Å². The van der Waals surface area contributed by atoms with Crippen LogP contribution in [0.15, 0.2) is 104 Å². The van der Waals surface area contributed by atoms with Crippen molar-refractivity contribution in [3.05, 3.63) is 104 Å². The van der Waals surface area contributed by atoms with Crippen LogP contribution in [-0.2, 0) is 4.43 Å². The molecule has 192 valence electrons. The highest BCUT2D eigenvalue weighted by Gasteiger charge is 2.55. The lowest BCUT2D eigenvalue weighted by Crippen LogP contribution is -2.46. The van der Waals surface area contributed by atoms with Crippen LogP contribution in [0.4, 0.5) is 0 Å². The molecule has 0 radical (unpaired) electrons. The van der Waals surface area contributed by atoms with Gasteiger partial charge in [0, 0.05) is 5.92 Å². The molecule has 0 heterocycles. The quantitative estimate of drug-likeness (QED) is 0.0903. The first-order chi connectivity index (χ1) is 17.3. The molecule has 3 aromatic carbocycles. The smallest absolute Gasteiger partial charge is 0.184 e. The third-order valence-corrected chi connectivity index (χ3v) is 13.3. The van der Waals surface area contributed by atoms with E-state index in [9.17, 15) is 0 Å².